The van der Waals surface area contributed by atoms with Crippen LogP contribution in [-0.4, -0.2) is 43.3 Å². The number of hydrogen-bond donors (Lipinski definition) is 2. The van der Waals surface area contributed by atoms with Crippen molar-refractivity contribution in [3.63, 3.8) is 0 Å². The second-order valence-electron chi connectivity index (χ2n) is 8.80. The molecule has 1 fully saturated rings. The molecule has 3 aromatic heterocycles. The van der Waals surface area contributed by atoms with Crippen LogP contribution in [0.4, 0.5) is 17.5 Å². The van der Waals surface area contributed by atoms with Gasteiger partial charge >= 0.3 is 0 Å². The summed E-state index contributed by atoms with van der Waals surface area (Å²) >= 11 is 0. The Morgan fingerprint density at radius 2 is 1.94 bits per heavy atom. The minimum atomic E-state index is -0.182. The van der Waals surface area contributed by atoms with Crippen molar-refractivity contribution in [3.05, 3.63) is 64.1 Å². The number of aromatic nitrogens is 5. The highest BCUT2D eigenvalue weighted by atomic mass is 16.2. The molecule has 4 aromatic rings. The second kappa shape index (κ2) is 8.62. The van der Waals surface area contributed by atoms with Gasteiger partial charge in [-0.2, -0.15) is 4.98 Å². The molecule has 10 nitrogen and oxygen atoms in total. The zero-order valence-corrected chi connectivity index (χ0v) is 19.5. The predicted molar refractivity (Wildman–Crippen MR) is 133 cm³/mol. The molecular weight excluding hydrogens is 444 g/mol. The fraction of sp³-hybridized carbons (Fsp3) is 0.320. The summed E-state index contributed by atoms with van der Waals surface area (Å²) in [7, 11) is 0. The monoisotopic (exact) mass is 470 g/mol. The fourth-order valence-electron chi connectivity index (χ4n) is 4.86. The number of pyridine rings is 1. The van der Waals surface area contributed by atoms with Gasteiger partial charge in [0.1, 0.15) is 11.2 Å². The van der Waals surface area contributed by atoms with E-state index in [4.69, 9.17) is 9.97 Å². The Hall–Kier alpha value is -4.05. The summed E-state index contributed by atoms with van der Waals surface area (Å²) in [5.41, 5.74) is 3.78. The summed E-state index contributed by atoms with van der Waals surface area (Å²) in [5, 5.41) is 7.09. The summed E-state index contributed by atoms with van der Waals surface area (Å²) in [6, 6.07) is 11.8. The van der Waals surface area contributed by atoms with Gasteiger partial charge in [-0.3, -0.25) is 14.5 Å². The first kappa shape index (κ1) is 21.5. The van der Waals surface area contributed by atoms with Crippen LogP contribution in [0.25, 0.3) is 16.9 Å². The number of rotatable bonds is 5. The van der Waals surface area contributed by atoms with E-state index in [9.17, 15) is 9.59 Å². The summed E-state index contributed by atoms with van der Waals surface area (Å²) in [5.74, 6) is 1.57. The van der Waals surface area contributed by atoms with Crippen molar-refractivity contribution in [1.29, 1.82) is 0 Å². The molecule has 0 aliphatic carbocycles. The zero-order chi connectivity index (χ0) is 23.9. The maximum atomic E-state index is 13.1. The SMILES string of the molecule is CCn1c(=O)c2cnc(Nc3ccc4c(c3)CNCC4)nc2n1-c1cccc(N2CCCC2=O)n1. The van der Waals surface area contributed by atoms with Gasteiger partial charge in [-0.25, -0.2) is 19.3 Å². The first-order valence-electron chi connectivity index (χ1n) is 12.0. The van der Waals surface area contributed by atoms with E-state index in [-0.39, 0.29) is 11.5 Å². The third kappa shape index (κ3) is 3.75. The van der Waals surface area contributed by atoms with Crippen molar-refractivity contribution in [3.8, 4) is 5.82 Å². The lowest BCUT2D eigenvalue weighted by Crippen LogP contribution is -2.26. The minimum Gasteiger partial charge on any atom is -0.324 e. The van der Waals surface area contributed by atoms with Gasteiger partial charge in [-0.05, 0) is 61.7 Å². The van der Waals surface area contributed by atoms with Crippen LogP contribution in [0.15, 0.2) is 47.4 Å². The Bertz CT molecular complexity index is 1510. The van der Waals surface area contributed by atoms with Gasteiger partial charge in [0, 0.05) is 37.9 Å². The van der Waals surface area contributed by atoms with Crippen LogP contribution in [-0.2, 0) is 24.3 Å². The first-order chi connectivity index (χ1) is 17.1. The Morgan fingerprint density at radius 1 is 1.06 bits per heavy atom. The van der Waals surface area contributed by atoms with Gasteiger partial charge in [-0.1, -0.05) is 12.1 Å². The maximum Gasteiger partial charge on any atom is 0.278 e. The van der Waals surface area contributed by atoms with Gasteiger partial charge in [0.25, 0.3) is 5.56 Å². The number of carbonyl (C=O) groups excluding carboxylic acids is 1. The average molecular weight is 471 g/mol. The molecule has 1 aromatic carbocycles. The Morgan fingerprint density at radius 3 is 2.77 bits per heavy atom. The van der Waals surface area contributed by atoms with Gasteiger partial charge in [0.15, 0.2) is 11.5 Å². The lowest BCUT2D eigenvalue weighted by molar-refractivity contribution is -0.117. The third-order valence-corrected chi connectivity index (χ3v) is 6.61. The van der Waals surface area contributed by atoms with E-state index in [2.05, 4.69) is 27.8 Å². The van der Waals surface area contributed by atoms with Crippen LogP contribution in [0, 0.1) is 0 Å². The largest absolute Gasteiger partial charge is 0.324 e. The van der Waals surface area contributed by atoms with Crippen LogP contribution in [0.5, 0.6) is 0 Å². The van der Waals surface area contributed by atoms with Gasteiger partial charge in [-0.15, -0.1) is 0 Å². The average Bonchev–Trinajstić information content (AvgIpc) is 3.44. The lowest BCUT2D eigenvalue weighted by Gasteiger charge is -2.18. The molecule has 0 atom stereocenters. The molecule has 2 aliphatic rings. The van der Waals surface area contributed by atoms with Crippen molar-refractivity contribution in [2.75, 3.05) is 23.3 Å². The summed E-state index contributed by atoms with van der Waals surface area (Å²) < 4.78 is 3.30. The number of amides is 1. The van der Waals surface area contributed by atoms with Crippen molar-refractivity contribution in [1.82, 2.24) is 29.6 Å². The van der Waals surface area contributed by atoms with E-state index in [0.29, 0.717) is 48.1 Å². The molecule has 0 bridgehead atoms. The van der Waals surface area contributed by atoms with E-state index >= 15 is 0 Å². The number of nitrogens with zero attached hydrogens (tertiary/aromatic N) is 6. The molecule has 10 heteroatoms. The van der Waals surface area contributed by atoms with Crippen molar-refractivity contribution in [2.24, 2.45) is 0 Å². The molecular formula is C25H26N8O2. The quantitative estimate of drug-likeness (QED) is 0.461. The highest BCUT2D eigenvalue weighted by Crippen LogP contribution is 2.24. The van der Waals surface area contributed by atoms with E-state index in [0.717, 1.165) is 31.6 Å². The Labute approximate surface area is 201 Å². The number of benzene rings is 1. The second-order valence-corrected chi connectivity index (χ2v) is 8.80. The van der Waals surface area contributed by atoms with Crippen LogP contribution in [0.1, 0.15) is 30.9 Å². The van der Waals surface area contributed by atoms with E-state index in [1.165, 1.54) is 11.1 Å². The third-order valence-electron chi connectivity index (χ3n) is 6.61. The molecule has 0 radical (unpaired) electrons. The van der Waals surface area contributed by atoms with Gasteiger partial charge in [0.2, 0.25) is 11.9 Å². The normalized spacial score (nSPS) is 15.6. The highest BCUT2D eigenvalue weighted by Gasteiger charge is 2.24. The van der Waals surface area contributed by atoms with E-state index in [1.54, 1.807) is 20.5 Å². The number of hydrogen-bond acceptors (Lipinski definition) is 7. The maximum absolute atomic E-state index is 13.1. The number of nitrogens with one attached hydrogen (secondary N) is 2. The first-order valence-corrected chi connectivity index (χ1v) is 12.0. The molecule has 35 heavy (non-hydrogen) atoms. The molecule has 0 saturated carbocycles. The van der Waals surface area contributed by atoms with Crippen LogP contribution >= 0.6 is 0 Å². The molecule has 5 heterocycles. The highest BCUT2D eigenvalue weighted by molar-refractivity contribution is 5.94. The number of fused-ring (bicyclic) bond motifs is 2. The topological polar surface area (TPSA) is 110 Å². The summed E-state index contributed by atoms with van der Waals surface area (Å²) in [4.78, 5) is 40.9. The van der Waals surface area contributed by atoms with Crippen molar-refractivity contribution >= 4 is 34.4 Å². The minimum absolute atomic E-state index is 0.0638. The molecule has 0 unspecified atom stereocenters. The van der Waals surface area contributed by atoms with Crippen LogP contribution in [0.2, 0.25) is 0 Å². The number of carbonyl (C=O) groups is 1. The smallest absolute Gasteiger partial charge is 0.278 e. The van der Waals surface area contributed by atoms with E-state index < -0.39 is 0 Å². The van der Waals surface area contributed by atoms with Gasteiger partial charge < -0.3 is 10.6 Å². The standard InChI is InChI=1S/C25H26N8O2/c1-2-32-24(35)19-15-27-25(28-18-9-8-16-10-11-26-14-17(16)13-18)30-23(19)33(32)21-6-3-5-20(29-21)31-12-4-7-22(31)34/h3,5-6,8-9,13,15,26H,2,4,7,10-12,14H2,1H3,(H,27,28,30). The zero-order valence-electron chi connectivity index (χ0n) is 19.5. The van der Waals surface area contributed by atoms with Crippen molar-refractivity contribution < 1.29 is 4.79 Å². The number of anilines is 3. The lowest BCUT2D eigenvalue weighted by atomic mass is 10.0. The molecule has 178 valence electrons. The Kier molecular flexibility index (Phi) is 5.29. The Balaban J connectivity index is 1.42. The molecule has 6 rings (SSSR count). The fourth-order valence-corrected chi connectivity index (χ4v) is 4.86. The predicted octanol–water partition coefficient (Wildman–Crippen LogP) is 2.51. The van der Waals surface area contributed by atoms with Crippen LogP contribution in [0.3, 0.4) is 0 Å². The van der Waals surface area contributed by atoms with Crippen LogP contribution < -0.4 is 21.1 Å². The molecule has 2 aliphatic heterocycles. The molecule has 2 N–H and O–H groups in total. The van der Waals surface area contributed by atoms with Crippen molar-refractivity contribution in [2.45, 2.75) is 39.3 Å². The van der Waals surface area contributed by atoms with Gasteiger partial charge in [0.05, 0.1) is 0 Å². The summed E-state index contributed by atoms with van der Waals surface area (Å²) in [6.07, 6.45) is 3.92. The molecule has 1 saturated heterocycles. The van der Waals surface area contributed by atoms with E-state index in [1.807, 2.05) is 31.2 Å². The summed E-state index contributed by atoms with van der Waals surface area (Å²) in [6.45, 7) is 4.81. The molecule has 0 spiro atoms. The molecule has 1 amide bonds.